The lowest BCUT2D eigenvalue weighted by molar-refractivity contribution is -0.0287. The molecule has 2 N–H and O–H groups in total. The minimum Gasteiger partial charge on any atom is -0.508 e. The largest absolute Gasteiger partial charge is 0.508 e. The van der Waals surface area contributed by atoms with Crippen LogP contribution in [0.3, 0.4) is 0 Å². The molecule has 0 bridgehead atoms. The van der Waals surface area contributed by atoms with E-state index in [1.807, 2.05) is 0 Å². The molecule has 8 nitrogen and oxygen atoms in total. The van der Waals surface area contributed by atoms with Gasteiger partial charge in [0.25, 0.3) is 0 Å². The van der Waals surface area contributed by atoms with Gasteiger partial charge in [0, 0.05) is 0 Å². The van der Waals surface area contributed by atoms with Gasteiger partial charge in [0.15, 0.2) is 12.2 Å². The zero-order valence-electron chi connectivity index (χ0n) is 14.7. The molecule has 2 aromatic carbocycles. The van der Waals surface area contributed by atoms with Gasteiger partial charge in [-0.3, -0.25) is 0 Å². The molecule has 0 radical (unpaired) electrons. The highest BCUT2D eigenvalue weighted by atomic mass is 16.7. The first kappa shape index (κ1) is 18.3. The number of aromatic hydroxyl groups is 2. The molecule has 2 aliphatic rings. The van der Waals surface area contributed by atoms with Gasteiger partial charge in [0.05, 0.1) is 24.3 Å². The Kier molecular flexibility index (Phi) is 4.89. The molecule has 8 heteroatoms. The summed E-state index contributed by atoms with van der Waals surface area (Å²) in [7, 11) is 0. The molecule has 146 valence electrons. The smallest absolute Gasteiger partial charge is 0.338 e. The molecule has 4 rings (SSSR count). The first-order chi connectivity index (χ1) is 13.5. The Labute approximate surface area is 160 Å². The molecule has 2 aliphatic heterocycles. The van der Waals surface area contributed by atoms with Gasteiger partial charge in [-0.25, -0.2) is 9.59 Å². The van der Waals surface area contributed by atoms with Gasteiger partial charge in [-0.15, -0.1) is 0 Å². The number of fused-ring (bicyclic) bond motifs is 1. The number of esters is 2. The first-order valence-electron chi connectivity index (χ1n) is 8.74. The number of hydrogen-bond acceptors (Lipinski definition) is 8. The number of rotatable bonds is 4. The molecule has 4 atom stereocenters. The predicted molar refractivity (Wildman–Crippen MR) is 94.1 cm³/mol. The van der Waals surface area contributed by atoms with E-state index < -0.39 is 36.4 Å². The predicted octanol–water partition coefficient (Wildman–Crippen LogP) is 1.65. The van der Waals surface area contributed by atoms with Gasteiger partial charge in [0.2, 0.25) is 0 Å². The second kappa shape index (κ2) is 7.49. The fraction of sp³-hybridized carbons (Fsp3) is 0.300. The summed E-state index contributed by atoms with van der Waals surface area (Å²) < 4.78 is 22.2. The molecule has 2 heterocycles. The van der Waals surface area contributed by atoms with Crippen molar-refractivity contribution >= 4 is 11.9 Å². The molecule has 0 saturated carbocycles. The Bertz CT molecular complexity index is 787. The van der Waals surface area contributed by atoms with Gasteiger partial charge >= 0.3 is 11.9 Å². The number of phenols is 2. The summed E-state index contributed by atoms with van der Waals surface area (Å²) in [6.07, 6.45) is -2.30. The minimum absolute atomic E-state index is 0.0539. The fourth-order valence-electron chi connectivity index (χ4n) is 3.24. The average molecular weight is 386 g/mol. The highest BCUT2D eigenvalue weighted by Gasteiger charge is 2.51. The van der Waals surface area contributed by atoms with Crippen LogP contribution in [0.4, 0.5) is 0 Å². The van der Waals surface area contributed by atoms with E-state index >= 15 is 0 Å². The molecular weight excluding hydrogens is 368 g/mol. The van der Waals surface area contributed by atoms with Gasteiger partial charge in [-0.1, -0.05) is 0 Å². The van der Waals surface area contributed by atoms with Crippen molar-refractivity contribution in [2.75, 3.05) is 13.2 Å². The van der Waals surface area contributed by atoms with E-state index in [0.717, 1.165) is 0 Å². The standard InChI is InChI=1S/C20H18O8/c21-13-5-1-11(2-6-13)19(23)27-15-9-25-18-16(10-26-17(15)18)28-20(24)12-3-7-14(22)8-4-12/h1-8,15-18,21-22H,9-10H2/t15-,16-,17?,18?/m1/s1. The molecule has 0 spiro atoms. The molecule has 2 fully saturated rings. The normalized spacial score (nSPS) is 25.9. The van der Waals surface area contributed by atoms with Crippen LogP contribution in [0.25, 0.3) is 0 Å². The minimum atomic E-state index is -0.622. The molecule has 0 amide bonds. The van der Waals surface area contributed by atoms with Crippen molar-refractivity contribution in [2.45, 2.75) is 24.4 Å². The van der Waals surface area contributed by atoms with Crippen LogP contribution in [-0.4, -0.2) is 59.8 Å². The zero-order valence-corrected chi connectivity index (χ0v) is 14.7. The number of carbonyl (C=O) groups excluding carboxylic acids is 2. The van der Waals surface area contributed by atoms with Crippen LogP contribution in [0.15, 0.2) is 48.5 Å². The lowest BCUT2D eigenvalue weighted by Gasteiger charge is -2.17. The second-order valence-corrected chi connectivity index (χ2v) is 6.58. The summed E-state index contributed by atoms with van der Waals surface area (Å²) in [4.78, 5) is 24.5. The maximum atomic E-state index is 12.3. The second-order valence-electron chi connectivity index (χ2n) is 6.58. The molecule has 2 saturated heterocycles. The topological polar surface area (TPSA) is 112 Å². The van der Waals surface area contributed by atoms with E-state index in [1.165, 1.54) is 48.5 Å². The Morgan fingerprint density at radius 3 is 1.43 bits per heavy atom. The third-order valence-corrected chi connectivity index (χ3v) is 4.69. The molecular formula is C20H18O8. The van der Waals surface area contributed by atoms with Crippen molar-refractivity contribution in [3.8, 4) is 11.5 Å². The monoisotopic (exact) mass is 386 g/mol. The number of hydrogen-bond donors (Lipinski definition) is 2. The van der Waals surface area contributed by atoms with E-state index in [1.54, 1.807) is 0 Å². The Balaban J connectivity index is 1.36. The fourth-order valence-corrected chi connectivity index (χ4v) is 3.24. The van der Waals surface area contributed by atoms with Crippen LogP contribution in [0.1, 0.15) is 20.7 Å². The Morgan fingerprint density at radius 2 is 1.07 bits per heavy atom. The van der Waals surface area contributed by atoms with Crippen LogP contribution < -0.4 is 0 Å². The molecule has 0 aromatic heterocycles. The summed E-state index contributed by atoms with van der Waals surface area (Å²) in [6.45, 7) is 0.263. The van der Waals surface area contributed by atoms with Crippen LogP contribution in [0, 0.1) is 0 Å². The molecule has 28 heavy (non-hydrogen) atoms. The van der Waals surface area contributed by atoms with Crippen molar-refractivity contribution in [3.63, 3.8) is 0 Å². The SMILES string of the molecule is O=C(O[C@@H]1COC2C1OC[C@H]2OC(=O)c1ccc(O)cc1)c1ccc(O)cc1. The lowest BCUT2D eigenvalue weighted by Crippen LogP contribution is -2.36. The Hall–Kier alpha value is -3.10. The van der Waals surface area contributed by atoms with E-state index in [9.17, 15) is 19.8 Å². The summed E-state index contributed by atoms with van der Waals surface area (Å²) >= 11 is 0. The Morgan fingerprint density at radius 1 is 0.714 bits per heavy atom. The van der Waals surface area contributed by atoms with E-state index in [0.29, 0.717) is 11.1 Å². The third-order valence-electron chi connectivity index (χ3n) is 4.69. The summed E-state index contributed by atoms with van der Waals surface area (Å²) in [5.41, 5.74) is 0.601. The maximum absolute atomic E-state index is 12.3. The van der Waals surface area contributed by atoms with Crippen molar-refractivity contribution in [3.05, 3.63) is 59.7 Å². The summed E-state index contributed by atoms with van der Waals surface area (Å²) in [5.74, 6) is -0.999. The zero-order chi connectivity index (χ0) is 19.7. The van der Waals surface area contributed by atoms with Crippen LogP contribution in [0.2, 0.25) is 0 Å². The highest BCUT2D eigenvalue weighted by Crippen LogP contribution is 2.31. The number of phenolic OH excluding ortho intramolecular Hbond substituents is 2. The quantitative estimate of drug-likeness (QED) is 0.763. The van der Waals surface area contributed by atoms with Crippen molar-refractivity contribution in [1.29, 1.82) is 0 Å². The van der Waals surface area contributed by atoms with Crippen LogP contribution in [0.5, 0.6) is 11.5 Å². The van der Waals surface area contributed by atoms with E-state index in [4.69, 9.17) is 18.9 Å². The molecule has 0 aliphatic carbocycles. The first-order valence-corrected chi connectivity index (χ1v) is 8.74. The number of benzene rings is 2. The molecule has 2 aromatic rings. The van der Waals surface area contributed by atoms with Crippen molar-refractivity contribution < 1.29 is 38.7 Å². The average Bonchev–Trinajstić information content (AvgIpc) is 3.26. The van der Waals surface area contributed by atoms with Crippen molar-refractivity contribution in [1.82, 2.24) is 0 Å². The third kappa shape index (κ3) is 3.64. The van der Waals surface area contributed by atoms with Crippen molar-refractivity contribution in [2.24, 2.45) is 0 Å². The molecule has 2 unspecified atom stereocenters. The van der Waals surface area contributed by atoms with Crippen LogP contribution in [-0.2, 0) is 18.9 Å². The van der Waals surface area contributed by atoms with E-state index in [-0.39, 0.29) is 24.7 Å². The van der Waals surface area contributed by atoms with E-state index in [2.05, 4.69) is 0 Å². The van der Waals surface area contributed by atoms with Gasteiger partial charge < -0.3 is 29.2 Å². The van der Waals surface area contributed by atoms with Crippen LogP contribution >= 0.6 is 0 Å². The maximum Gasteiger partial charge on any atom is 0.338 e. The number of ether oxygens (including phenoxy) is 4. The van der Waals surface area contributed by atoms with Gasteiger partial charge in [-0.2, -0.15) is 0 Å². The number of carbonyl (C=O) groups is 2. The summed E-state index contributed by atoms with van der Waals surface area (Å²) in [6, 6.07) is 11.4. The highest BCUT2D eigenvalue weighted by molar-refractivity contribution is 5.90. The van der Waals surface area contributed by atoms with Gasteiger partial charge in [0.1, 0.15) is 23.7 Å². The summed E-state index contributed by atoms with van der Waals surface area (Å²) in [5, 5.41) is 18.6. The van der Waals surface area contributed by atoms with Gasteiger partial charge in [-0.05, 0) is 48.5 Å². The lowest BCUT2D eigenvalue weighted by atomic mass is 10.1.